The van der Waals surface area contributed by atoms with Crippen LogP contribution < -0.4 is 11.5 Å². The van der Waals surface area contributed by atoms with Crippen LogP contribution in [0.25, 0.3) is 11.1 Å². The molecule has 0 saturated heterocycles. The summed E-state index contributed by atoms with van der Waals surface area (Å²) in [6.45, 7) is 0. The van der Waals surface area contributed by atoms with E-state index in [-0.39, 0.29) is 10.5 Å². The monoisotopic (exact) mass is 336 g/mol. The van der Waals surface area contributed by atoms with Gasteiger partial charge in [0.2, 0.25) is 0 Å². The van der Waals surface area contributed by atoms with Crippen molar-refractivity contribution in [1.82, 2.24) is 4.98 Å². The molecule has 0 aliphatic carbocycles. The van der Waals surface area contributed by atoms with Gasteiger partial charge in [0.05, 0.1) is 10.5 Å². The van der Waals surface area contributed by atoms with Gasteiger partial charge in [-0.15, -0.1) is 0 Å². The third-order valence-corrected chi connectivity index (χ3v) is 4.04. The highest BCUT2D eigenvalue weighted by atomic mass is 32.2. The number of benzene rings is 1. The number of carbonyl (C=O) groups is 1. The Balaban J connectivity index is 2.74. The van der Waals surface area contributed by atoms with Crippen LogP contribution in [-0.2, 0) is 9.84 Å². The Morgan fingerprint density at radius 2 is 2.00 bits per heavy atom. The molecule has 1 aromatic heterocycles. The van der Waals surface area contributed by atoms with Gasteiger partial charge in [-0.2, -0.15) is 4.99 Å². The number of nitrogens with zero attached hydrogens (tertiary/aromatic N) is 2. The van der Waals surface area contributed by atoms with E-state index in [9.17, 15) is 17.6 Å². The van der Waals surface area contributed by atoms with Crippen molar-refractivity contribution >= 4 is 21.7 Å². The van der Waals surface area contributed by atoms with E-state index in [2.05, 4.69) is 9.98 Å². The summed E-state index contributed by atoms with van der Waals surface area (Å²) in [4.78, 5) is 18.7. The van der Waals surface area contributed by atoms with E-state index in [1.165, 1.54) is 12.4 Å². The highest BCUT2D eigenvalue weighted by Gasteiger charge is 2.22. The standard InChI is InChI=1S/C14H13FN4O3S/c1-23(21,22)12-6-10(13(20)19-14(16)17)11(15)5-9(12)8-3-2-4-18-7-8/h2-7H,1H3,(H4,16,17,19,20). The van der Waals surface area contributed by atoms with Crippen LogP contribution >= 0.6 is 0 Å². The summed E-state index contributed by atoms with van der Waals surface area (Å²) in [6.07, 6.45) is 3.84. The molecule has 120 valence electrons. The molecule has 7 nitrogen and oxygen atoms in total. The summed E-state index contributed by atoms with van der Waals surface area (Å²) < 4.78 is 38.2. The quantitative estimate of drug-likeness (QED) is 0.482. The number of aliphatic imine (C=N–C) groups is 1. The summed E-state index contributed by atoms with van der Waals surface area (Å²) in [6, 6.07) is 5.02. The Bertz CT molecular complexity index is 892. The number of nitrogens with two attached hydrogens (primary N) is 2. The molecule has 0 spiro atoms. The molecule has 0 aliphatic rings. The van der Waals surface area contributed by atoms with E-state index in [1.807, 2.05) is 0 Å². The summed E-state index contributed by atoms with van der Waals surface area (Å²) in [5, 5.41) is 0. The molecular weight excluding hydrogens is 323 g/mol. The Hall–Kier alpha value is -2.81. The number of sulfone groups is 1. The van der Waals surface area contributed by atoms with Crippen LogP contribution in [-0.4, -0.2) is 31.5 Å². The molecule has 0 aliphatic heterocycles. The third-order valence-electron chi connectivity index (χ3n) is 2.90. The predicted molar refractivity (Wildman–Crippen MR) is 82.9 cm³/mol. The number of hydrogen-bond acceptors (Lipinski definition) is 4. The Kier molecular flexibility index (Phi) is 4.41. The fourth-order valence-electron chi connectivity index (χ4n) is 1.95. The van der Waals surface area contributed by atoms with E-state index in [1.54, 1.807) is 12.1 Å². The number of amides is 1. The van der Waals surface area contributed by atoms with E-state index in [0.717, 1.165) is 18.4 Å². The van der Waals surface area contributed by atoms with Gasteiger partial charge in [0.15, 0.2) is 15.8 Å². The van der Waals surface area contributed by atoms with Crippen molar-refractivity contribution in [3.63, 3.8) is 0 Å². The summed E-state index contributed by atoms with van der Waals surface area (Å²) >= 11 is 0. The second-order valence-electron chi connectivity index (χ2n) is 4.68. The Labute approximate surface area is 131 Å². The SMILES string of the molecule is CS(=O)(=O)c1cc(C(=O)N=C(N)N)c(F)cc1-c1cccnc1. The van der Waals surface area contributed by atoms with Gasteiger partial charge in [0.1, 0.15) is 5.82 Å². The summed E-state index contributed by atoms with van der Waals surface area (Å²) in [5.41, 5.74) is 10.1. The van der Waals surface area contributed by atoms with Gasteiger partial charge < -0.3 is 11.5 Å². The zero-order valence-electron chi connectivity index (χ0n) is 12.0. The van der Waals surface area contributed by atoms with E-state index in [4.69, 9.17) is 11.5 Å². The summed E-state index contributed by atoms with van der Waals surface area (Å²) in [7, 11) is -3.74. The highest BCUT2D eigenvalue weighted by Crippen LogP contribution is 2.30. The average molecular weight is 336 g/mol. The molecule has 1 aromatic carbocycles. The molecule has 1 amide bonds. The van der Waals surface area contributed by atoms with Gasteiger partial charge >= 0.3 is 0 Å². The van der Waals surface area contributed by atoms with Crippen molar-refractivity contribution in [2.75, 3.05) is 6.26 Å². The van der Waals surface area contributed by atoms with Crippen molar-refractivity contribution in [1.29, 1.82) is 0 Å². The molecule has 0 bridgehead atoms. The van der Waals surface area contributed by atoms with Crippen molar-refractivity contribution in [3.05, 3.63) is 48.0 Å². The zero-order valence-corrected chi connectivity index (χ0v) is 12.8. The molecule has 0 fully saturated rings. The van der Waals surface area contributed by atoms with Crippen LogP contribution in [0, 0.1) is 5.82 Å². The fourth-order valence-corrected chi connectivity index (χ4v) is 2.86. The molecule has 0 atom stereocenters. The second kappa shape index (κ2) is 6.13. The molecule has 0 saturated carbocycles. The normalized spacial score (nSPS) is 11.0. The lowest BCUT2D eigenvalue weighted by Crippen LogP contribution is -2.24. The molecule has 23 heavy (non-hydrogen) atoms. The first-order valence-corrected chi connectivity index (χ1v) is 8.17. The minimum absolute atomic E-state index is 0.0966. The molecule has 0 unspecified atom stereocenters. The molecule has 9 heteroatoms. The second-order valence-corrected chi connectivity index (χ2v) is 6.67. The van der Waals surface area contributed by atoms with Crippen molar-refractivity contribution in [2.45, 2.75) is 4.90 Å². The first-order valence-electron chi connectivity index (χ1n) is 6.28. The minimum atomic E-state index is -3.74. The lowest BCUT2D eigenvalue weighted by atomic mass is 10.0. The van der Waals surface area contributed by atoms with Crippen molar-refractivity contribution in [3.8, 4) is 11.1 Å². The van der Waals surface area contributed by atoms with Crippen molar-refractivity contribution < 1.29 is 17.6 Å². The zero-order chi connectivity index (χ0) is 17.2. The lowest BCUT2D eigenvalue weighted by Gasteiger charge is -2.10. The van der Waals surface area contributed by atoms with Crippen LogP contribution in [0.2, 0.25) is 0 Å². The van der Waals surface area contributed by atoms with Crippen LogP contribution in [0.3, 0.4) is 0 Å². The Morgan fingerprint density at radius 1 is 1.30 bits per heavy atom. The number of rotatable bonds is 3. The summed E-state index contributed by atoms with van der Waals surface area (Å²) in [5.74, 6) is -2.55. The maximum absolute atomic E-state index is 14.2. The van der Waals surface area contributed by atoms with Gasteiger partial charge in [0.25, 0.3) is 5.91 Å². The topological polar surface area (TPSA) is 128 Å². The molecule has 1 heterocycles. The lowest BCUT2D eigenvalue weighted by molar-refractivity contribution is 0.0998. The first kappa shape index (κ1) is 16.6. The number of guanidine groups is 1. The minimum Gasteiger partial charge on any atom is -0.370 e. The molecule has 2 rings (SSSR count). The number of hydrogen-bond donors (Lipinski definition) is 2. The van der Waals surface area contributed by atoms with E-state index in [0.29, 0.717) is 5.56 Å². The highest BCUT2D eigenvalue weighted by molar-refractivity contribution is 7.90. The molecule has 4 N–H and O–H groups in total. The largest absolute Gasteiger partial charge is 0.370 e. The predicted octanol–water partition coefficient (Wildman–Crippen LogP) is 0.705. The smallest absolute Gasteiger partial charge is 0.283 e. The van der Waals surface area contributed by atoms with Gasteiger partial charge in [-0.1, -0.05) is 6.07 Å². The average Bonchev–Trinajstić information content (AvgIpc) is 2.45. The maximum Gasteiger partial charge on any atom is 0.283 e. The molecular formula is C14H13FN4O3S. The number of halogens is 1. The van der Waals surface area contributed by atoms with Crippen molar-refractivity contribution in [2.24, 2.45) is 16.5 Å². The van der Waals surface area contributed by atoms with E-state index >= 15 is 0 Å². The number of pyridine rings is 1. The number of aromatic nitrogens is 1. The van der Waals surface area contributed by atoms with Gasteiger partial charge in [-0.25, -0.2) is 12.8 Å². The molecule has 2 aromatic rings. The van der Waals surface area contributed by atoms with Crippen LogP contribution in [0.15, 0.2) is 46.5 Å². The van der Waals surface area contributed by atoms with E-state index < -0.39 is 33.1 Å². The van der Waals surface area contributed by atoms with Crippen LogP contribution in [0.1, 0.15) is 10.4 Å². The maximum atomic E-state index is 14.2. The molecule has 0 radical (unpaired) electrons. The van der Waals surface area contributed by atoms with Gasteiger partial charge in [-0.05, 0) is 18.2 Å². The van der Waals surface area contributed by atoms with Crippen LogP contribution in [0.5, 0.6) is 0 Å². The third kappa shape index (κ3) is 3.69. The van der Waals surface area contributed by atoms with Gasteiger partial charge in [0, 0.05) is 29.8 Å². The Morgan fingerprint density at radius 3 is 2.52 bits per heavy atom. The van der Waals surface area contributed by atoms with Gasteiger partial charge in [-0.3, -0.25) is 9.78 Å². The van der Waals surface area contributed by atoms with Crippen LogP contribution in [0.4, 0.5) is 4.39 Å². The fraction of sp³-hybridized carbons (Fsp3) is 0.0714. The number of carbonyl (C=O) groups excluding carboxylic acids is 1. The first-order chi connectivity index (χ1) is 10.7.